The highest BCUT2D eigenvalue weighted by Crippen LogP contribution is 2.20. The van der Waals surface area contributed by atoms with Gasteiger partial charge in [-0.15, -0.1) is 0 Å². The zero-order valence-electron chi connectivity index (χ0n) is 12.3. The molecule has 0 radical (unpaired) electrons. The van der Waals surface area contributed by atoms with Crippen LogP contribution < -0.4 is 5.56 Å². The molecule has 0 aliphatic carbocycles. The first kappa shape index (κ1) is 15.6. The number of para-hydroxylation sites is 1. The molecule has 0 fully saturated rings. The van der Waals surface area contributed by atoms with Crippen molar-refractivity contribution in [1.29, 1.82) is 0 Å². The number of carbonyl (C=O) groups is 1. The second-order valence-corrected chi connectivity index (χ2v) is 6.07. The van der Waals surface area contributed by atoms with Crippen LogP contribution >= 0.6 is 11.8 Å². The Morgan fingerprint density at radius 3 is 2.76 bits per heavy atom. The zero-order valence-corrected chi connectivity index (χ0v) is 13.1. The van der Waals surface area contributed by atoms with Gasteiger partial charge in [0.15, 0.2) is 5.16 Å². The Labute approximate surface area is 127 Å². The van der Waals surface area contributed by atoms with E-state index in [4.69, 9.17) is 0 Å². The molecule has 1 aromatic heterocycles. The van der Waals surface area contributed by atoms with E-state index >= 15 is 0 Å². The van der Waals surface area contributed by atoms with Crippen LogP contribution in [0, 0.1) is 5.92 Å². The maximum Gasteiger partial charge on any atom is 0.325 e. The summed E-state index contributed by atoms with van der Waals surface area (Å²) >= 11 is 1.48. The lowest BCUT2D eigenvalue weighted by molar-refractivity contribution is -0.141. The van der Waals surface area contributed by atoms with Crippen molar-refractivity contribution >= 4 is 28.6 Å². The molecule has 0 aliphatic heterocycles. The van der Waals surface area contributed by atoms with E-state index in [0.717, 1.165) is 5.75 Å². The maximum absolute atomic E-state index is 12.5. The molecule has 1 aromatic carbocycles. The molecule has 2 rings (SSSR count). The molecule has 0 saturated heterocycles. The van der Waals surface area contributed by atoms with Gasteiger partial charge in [-0.3, -0.25) is 14.2 Å². The molecular weight excluding hydrogens is 288 g/mol. The fraction of sp³-hybridized carbons (Fsp3) is 0.400. The SMILES string of the molecule is COC(=O)Cn1c(SCC(C)C)nc2ccccc2c1=O. The molecule has 112 valence electrons. The predicted octanol–water partition coefficient (Wildman–Crippen LogP) is 2.32. The second-order valence-electron chi connectivity index (χ2n) is 5.08. The van der Waals surface area contributed by atoms with Crippen LogP contribution in [0.5, 0.6) is 0 Å². The minimum absolute atomic E-state index is 0.117. The molecule has 0 aliphatic rings. The molecule has 0 bridgehead atoms. The number of hydrogen-bond donors (Lipinski definition) is 0. The summed E-state index contributed by atoms with van der Waals surface area (Å²) in [5, 5.41) is 1.06. The Balaban J connectivity index is 2.53. The molecule has 0 unspecified atom stereocenters. The number of ether oxygens (including phenoxy) is 1. The highest BCUT2D eigenvalue weighted by atomic mass is 32.2. The summed E-state index contributed by atoms with van der Waals surface area (Å²) in [5.41, 5.74) is 0.437. The average molecular weight is 306 g/mol. The van der Waals surface area contributed by atoms with Gasteiger partial charge in [-0.2, -0.15) is 0 Å². The van der Waals surface area contributed by atoms with Crippen LogP contribution in [-0.4, -0.2) is 28.4 Å². The van der Waals surface area contributed by atoms with Gasteiger partial charge in [-0.25, -0.2) is 4.98 Å². The second kappa shape index (κ2) is 6.76. The van der Waals surface area contributed by atoms with Gasteiger partial charge in [0.05, 0.1) is 18.0 Å². The summed E-state index contributed by atoms with van der Waals surface area (Å²) in [7, 11) is 1.31. The third-order valence-electron chi connectivity index (χ3n) is 2.89. The van der Waals surface area contributed by atoms with Crippen molar-refractivity contribution in [3.63, 3.8) is 0 Å². The fourth-order valence-electron chi connectivity index (χ4n) is 1.83. The first-order valence-corrected chi connectivity index (χ1v) is 7.70. The van der Waals surface area contributed by atoms with Crippen molar-refractivity contribution in [2.75, 3.05) is 12.9 Å². The van der Waals surface area contributed by atoms with E-state index in [0.29, 0.717) is 22.0 Å². The summed E-state index contributed by atoms with van der Waals surface area (Å²) in [6.45, 7) is 4.07. The minimum atomic E-state index is -0.458. The number of esters is 1. The average Bonchev–Trinajstić information content (AvgIpc) is 2.48. The molecule has 0 amide bonds. The monoisotopic (exact) mass is 306 g/mol. The molecule has 0 N–H and O–H groups in total. The van der Waals surface area contributed by atoms with Crippen molar-refractivity contribution in [3.05, 3.63) is 34.6 Å². The lowest BCUT2D eigenvalue weighted by Crippen LogP contribution is -2.27. The van der Waals surface area contributed by atoms with Crippen LogP contribution in [0.3, 0.4) is 0 Å². The summed E-state index contributed by atoms with van der Waals surface area (Å²) in [6.07, 6.45) is 0. The van der Waals surface area contributed by atoms with Gasteiger partial charge in [0.25, 0.3) is 5.56 Å². The van der Waals surface area contributed by atoms with E-state index in [1.54, 1.807) is 18.2 Å². The lowest BCUT2D eigenvalue weighted by Gasteiger charge is -2.12. The van der Waals surface area contributed by atoms with Crippen LogP contribution in [0.25, 0.3) is 10.9 Å². The molecule has 5 nitrogen and oxygen atoms in total. The van der Waals surface area contributed by atoms with Gasteiger partial charge >= 0.3 is 5.97 Å². The summed E-state index contributed by atoms with van der Waals surface area (Å²) in [4.78, 5) is 28.6. The topological polar surface area (TPSA) is 61.2 Å². The minimum Gasteiger partial charge on any atom is -0.468 e. The maximum atomic E-state index is 12.5. The van der Waals surface area contributed by atoms with Crippen molar-refractivity contribution in [3.8, 4) is 0 Å². The van der Waals surface area contributed by atoms with Gasteiger partial charge in [0, 0.05) is 5.75 Å². The molecule has 0 atom stereocenters. The molecule has 21 heavy (non-hydrogen) atoms. The third kappa shape index (κ3) is 3.64. The number of rotatable bonds is 5. The summed E-state index contributed by atoms with van der Waals surface area (Å²) in [6, 6.07) is 7.15. The van der Waals surface area contributed by atoms with E-state index in [1.165, 1.54) is 23.4 Å². The molecule has 0 spiro atoms. The Morgan fingerprint density at radius 1 is 1.38 bits per heavy atom. The Morgan fingerprint density at radius 2 is 2.10 bits per heavy atom. The third-order valence-corrected chi connectivity index (χ3v) is 4.29. The first-order chi connectivity index (χ1) is 10.0. The number of hydrogen-bond acceptors (Lipinski definition) is 5. The van der Waals surface area contributed by atoms with Crippen LogP contribution in [0.4, 0.5) is 0 Å². The van der Waals surface area contributed by atoms with E-state index in [2.05, 4.69) is 23.6 Å². The Hall–Kier alpha value is -1.82. The summed E-state index contributed by atoms with van der Waals surface area (Å²) in [5.74, 6) is 0.830. The van der Waals surface area contributed by atoms with Gasteiger partial charge in [-0.1, -0.05) is 37.7 Å². The highest BCUT2D eigenvalue weighted by molar-refractivity contribution is 7.99. The van der Waals surface area contributed by atoms with Gasteiger partial charge in [0.2, 0.25) is 0 Å². The van der Waals surface area contributed by atoms with Crippen LogP contribution in [0.1, 0.15) is 13.8 Å². The van der Waals surface area contributed by atoms with Gasteiger partial charge in [-0.05, 0) is 18.1 Å². The number of thioether (sulfide) groups is 1. The van der Waals surface area contributed by atoms with E-state index in [9.17, 15) is 9.59 Å². The number of nitrogens with zero attached hydrogens (tertiary/aromatic N) is 2. The number of carbonyl (C=O) groups excluding carboxylic acids is 1. The number of aromatic nitrogens is 2. The smallest absolute Gasteiger partial charge is 0.325 e. The normalized spacial score (nSPS) is 11.0. The zero-order chi connectivity index (χ0) is 15.4. The molecular formula is C15H18N2O3S. The van der Waals surface area contributed by atoms with Crippen LogP contribution in [-0.2, 0) is 16.1 Å². The highest BCUT2D eigenvalue weighted by Gasteiger charge is 2.14. The van der Waals surface area contributed by atoms with Crippen LogP contribution in [0.15, 0.2) is 34.2 Å². The van der Waals surface area contributed by atoms with Crippen molar-refractivity contribution in [2.24, 2.45) is 5.92 Å². The van der Waals surface area contributed by atoms with Crippen LogP contribution in [0.2, 0.25) is 0 Å². The van der Waals surface area contributed by atoms with Crippen molar-refractivity contribution in [2.45, 2.75) is 25.5 Å². The number of benzene rings is 1. The van der Waals surface area contributed by atoms with E-state index < -0.39 is 5.97 Å². The van der Waals surface area contributed by atoms with E-state index in [-0.39, 0.29) is 12.1 Å². The quantitative estimate of drug-likeness (QED) is 0.482. The Kier molecular flexibility index (Phi) is 5.01. The summed E-state index contributed by atoms with van der Waals surface area (Å²) < 4.78 is 6.06. The van der Waals surface area contributed by atoms with Crippen molar-refractivity contribution in [1.82, 2.24) is 9.55 Å². The number of fused-ring (bicyclic) bond motifs is 1. The Bertz CT molecular complexity index is 710. The fourth-order valence-corrected chi connectivity index (χ4v) is 2.78. The standard InChI is InChI=1S/C15H18N2O3S/c1-10(2)9-21-15-16-12-7-5-4-6-11(12)14(19)17(15)8-13(18)20-3/h4-7,10H,8-9H2,1-3H3. The molecule has 2 aromatic rings. The predicted molar refractivity (Wildman–Crippen MR) is 83.6 cm³/mol. The first-order valence-electron chi connectivity index (χ1n) is 6.72. The molecule has 1 heterocycles. The van der Waals surface area contributed by atoms with Gasteiger partial charge in [0.1, 0.15) is 6.54 Å². The lowest BCUT2D eigenvalue weighted by atomic mass is 10.2. The molecule has 6 heteroatoms. The molecule has 0 saturated carbocycles. The number of methoxy groups -OCH3 is 1. The largest absolute Gasteiger partial charge is 0.468 e. The van der Waals surface area contributed by atoms with E-state index in [1.807, 2.05) is 6.07 Å². The van der Waals surface area contributed by atoms with Gasteiger partial charge < -0.3 is 4.74 Å². The van der Waals surface area contributed by atoms with Crippen molar-refractivity contribution < 1.29 is 9.53 Å².